The Morgan fingerprint density at radius 3 is 2.87 bits per heavy atom. The van der Waals surface area contributed by atoms with Gasteiger partial charge in [0.1, 0.15) is 5.82 Å². The van der Waals surface area contributed by atoms with E-state index in [1.807, 2.05) is 19.1 Å². The number of hydrogen-bond acceptors (Lipinski definition) is 1. The van der Waals surface area contributed by atoms with Crippen LogP contribution in [-0.4, -0.2) is 17.5 Å². The van der Waals surface area contributed by atoms with Crippen molar-refractivity contribution in [2.75, 3.05) is 11.9 Å². The van der Waals surface area contributed by atoms with Crippen LogP contribution in [0.15, 0.2) is 42.5 Å². The molecule has 1 fully saturated rings. The van der Waals surface area contributed by atoms with E-state index in [0.29, 0.717) is 17.3 Å². The van der Waals surface area contributed by atoms with Crippen LogP contribution in [0.5, 0.6) is 0 Å². The van der Waals surface area contributed by atoms with E-state index in [1.54, 1.807) is 23.1 Å². The molecule has 3 nitrogen and oxygen atoms in total. The summed E-state index contributed by atoms with van der Waals surface area (Å²) in [6.07, 6.45) is 1.74. The largest absolute Gasteiger partial charge is 0.322 e. The molecule has 2 amide bonds. The van der Waals surface area contributed by atoms with Crippen molar-refractivity contribution in [3.63, 3.8) is 0 Å². The van der Waals surface area contributed by atoms with Gasteiger partial charge in [0.05, 0.1) is 6.04 Å². The Labute approximate surface area is 140 Å². The lowest BCUT2D eigenvalue weighted by atomic mass is 10.0. The number of rotatable bonds is 2. The number of carbonyl (C=O) groups excluding carboxylic acids is 1. The van der Waals surface area contributed by atoms with Crippen LogP contribution in [0.2, 0.25) is 5.02 Å². The maximum atomic E-state index is 13.5. The van der Waals surface area contributed by atoms with Crippen LogP contribution in [0, 0.1) is 12.7 Å². The van der Waals surface area contributed by atoms with E-state index in [1.165, 1.54) is 12.1 Å². The smallest absolute Gasteiger partial charge is 0.317 e. The van der Waals surface area contributed by atoms with Crippen LogP contribution in [0.3, 0.4) is 0 Å². The number of urea groups is 1. The highest BCUT2D eigenvalue weighted by Crippen LogP contribution is 2.33. The minimum absolute atomic E-state index is 0.0924. The fraction of sp³-hybridized carbons (Fsp3) is 0.278. The highest BCUT2D eigenvalue weighted by Gasteiger charge is 2.30. The van der Waals surface area contributed by atoms with Gasteiger partial charge >= 0.3 is 6.03 Å². The Morgan fingerprint density at radius 1 is 1.30 bits per heavy atom. The molecule has 1 aliphatic rings. The molecule has 0 saturated carbocycles. The summed E-state index contributed by atoms with van der Waals surface area (Å²) in [6.45, 7) is 2.53. The second kappa shape index (κ2) is 6.59. The van der Waals surface area contributed by atoms with Gasteiger partial charge in [-0.05, 0) is 55.2 Å². The Kier molecular flexibility index (Phi) is 4.53. The number of benzene rings is 2. The van der Waals surface area contributed by atoms with E-state index >= 15 is 0 Å². The van der Waals surface area contributed by atoms with E-state index < -0.39 is 0 Å². The molecule has 1 heterocycles. The van der Waals surface area contributed by atoms with Crippen molar-refractivity contribution in [3.05, 3.63) is 64.4 Å². The first kappa shape index (κ1) is 15.8. The fourth-order valence-corrected chi connectivity index (χ4v) is 3.17. The average molecular weight is 333 g/mol. The van der Waals surface area contributed by atoms with Gasteiger partial charge < -0.3 is 10.2 Å². The summed E-state index contributed by atoms with van der Waals surface area (Å²) < 4.78 is 13.5. The van der Waals surface area contributed by atoms with Crippen molar-refractivity contribution < 1.29 is 9.18 Å². The second-order valence-corrected chi connectivity index (χ2v) is 6.16. The van der Waals surface area contributed by atoms with E-state index in [4.69, 9.17) is 11.6 Å². The summed E-state index contributed by atoms with van der Waals surface area (Å²) in [5.74, 6) is -0.277. The molecule has 0 bridgehead atoms. The molecule has 2 aromatic carbocycles. The van der Waals surface area contributed by atoms with Crippen LogP contribution < -0.4 is 5.32 Å². The van der Waals surface area contributed by atoms with Gasteiger partial charge in [0, 0.05) is 17.3 Å². The normalized spacial score (nSPS) is 17.3. The van der Waals surface area contributed by atoms with E-state index in [2.05, 4.69) is 5.32 Å². The molecule has 2 aromatic rings. The number of nitrogens with one attached hydrogen (secondary N) is 1. The van der Waals surface area contributed by atoms with Crippen molar-refractivity contribution in [3.8, 4) is 0 Å². The molecule has 5 heteroatoms. The average Bonchev–Trinajstić information content (AvgIpc) is 3.01. The van der Waals surface area contributed by atoms with Crippen molar-refractivity contribution in [1.82, 2.24) is 4.90 Å². The molecule has 0 aliphatic carbocycles. The summed E-state index contributed by atoms with van der Waals surface area (Å²) in [5, 5.41) is 3.53. The summed E-state index contributed by atoms with van der Waals surface area (Å²) in [5.41, 5.74) is 2.37. The van der Waals surface area contributed by atoms with Crippen molar-refractivity contribution in [2.24, 2.45) is 0 Å². The summed E-state index contributed by atoms with van der Waals surface area (Å²) >= 11 is 6.09. The molecule has 1 saturated heterocycles. The van der Waals surface area contributed by atoms with Gasteiger partial charge in [0.2, 0.25) is 0 Å². The molecule has 1 atom stereocenters. The quantitative estimate of drug-likeness (QED) is 0.809. The number of amides is 2. The van der Waals surface area contributed by atoms with E-state index in [9.17, 15) is 9.18 Å². The number of halogens is 2. The number of anilines is 1. The maximum absolute atomic E-state index is 13.5. The van der Waals surface area contributed by atoms with Crippen molar-refractivity contribution in [2.45, 2.75) is 25.8 Å². The Balaban J connectivity index is 1.80. The molecule has 3 rings (SSSR count). The predicted molar refractivity (Wildman–Crippen MR) is 90.3 cm³/mol. The van der Waals surface area contributed by atoms with Crippen LogP contribution in [0.1, 0.15) is 30.0 Å². The zero-order valence-electron chi connectivity index (χ0n) is 12.9. The predicted octanol–water partition coefficient (Wildman–Crippen LogP) is 5.16. The molecule has 0 spiro atoms. The molecular weight excluding hydrogens is 315 g/mol. The lowest BCUT2D eigenvalue weighted by Gasteiger charge is -2.26. The zero-order valence-corrected chi connectivity index (χ0v) is 13.6. The maximum Gasteiger partial charge on any atom is 0.322 e. The Hall–Kier alpha value is -2.07. The molecule has 0 radical (unpaired) electrons. The number of hydrogen-bond donors (Lipinski definition) is 1. The minimum Gasteiger partial charge on any atom is -0.317 e. The molecule has 120 valence electrons. The highest BCUT2D eigenvalue weighted by molar-refractivity contribution is 6.31. The van der Waals surface area contributed by atoms with Crippen LogP contribution in [0.25, 0.3) is 0 Å². The van der Waals surface area contributed by atoms with Gasteiger partial charge in [-0.25, -0.2) is 9.18 Å². The molecule has 1 unspecified atom stereocenters. The van der Waals surface area contributed by atoms with Crippen molar-refractivity contribution >= 4 is 23.3 Å². The first-order chi connectivity index (χ1) is 11.1. The summed E-state index contributed by atoms with van der Waals surface area (Å²) in [6, 6.07) is 11.6. The SMILES string of the molecule is Cc1c(Cl)cccc1NC(=O)N1CCCC1c1cccc(F)c1. The number of nitrogens with zero attached hydrogens (tertiary/aromatic N) is 1. The Bertz CT molecular complexity index is 735. The molecule has 0 aromatic heterocycles. The number of likely N-dealkylation sites (tertiary alicyclic amines) is 1. The van der Waals surface area contributed by atoms with Gasteiger partial charge in [-0.2, -0.15) is 0 Å². The van der Waals surface area contributed by atoms with E-state index in [-0.39, 0.29) is 17.9 Å². The minimum atomic E-state index is -0.277. The summed E-state index contributed by atoms with van der Waals surface area (Å²) in [7, 11) is 0. The van der Waals surface area contributed by atoms with E-state index in [0.717, 1.165) is 24.0 Å². The van der Waals surface area contributed by atoms with Gasteiger partial charge in [0.25, 0.3) is 0 Å². The van der Waals surface area contributed by atoms with Gasteiger partial charge in [-0.3, -0.25) is 0 Å². The fourth-order valence-electron chi connectivity index (χ4n) is 3.00. The highest BCUT2D eigenvalue weighted by atomic mass is 35.5. The third kappa shape index (κ3) is 3.32. The van der Waals surface area contributed by atoms with Gasteiger partial charge in [-0.15, -0.1) is 0 Å². The summed E-state index contributed by atoms with van der Waals surface area (Å²) in [4.78, 5) is 14.4. The van der Waals surface area contributed by atoms with Crippen LogP contribution >= 0.6 is 11.6 Å². The van der Waals surface area contributed by atoms with Crippen molar-refractivity contribution in [1.29, 1.82) is 0 Å². The topological polar surface area (TPSA) is 32.3 Å². The first-order valence-electron chi connectivity index (χ1n) is 7.64. The van der Waals surface area contributed by atoms with Gasteiger partial charge in [0.15, 0.2) is 0 Å². The third-order valence-electron chi connectivity index (χ3n) is 4.26. The monoisotopic (exact) mass is 332 g/mol. The lowest BCUT2D eigenvalue weighted by Crippen LogP contribution is -2.34. The first-order valence-corrected chi connectivity index (χ1v) is 8.02. The molecule has 23 heavy (non-hydrogen) atoms. The third-order valence-corrected chi connectivity index (χ3v) is 4.67. The Morgan fingerprint density at radius 2 is 2.09 bits per heavy atom. The number of carbonyl (C=O) groups is 1. The standard InChI is InChI=1S/C18H18ClFN2O/c1-12-15(19)7-3-8-16(12)21-18(23)22-10-4-9-17(22)13-5-2-6-14(20)11-13/h2-3,5-8,11,17H,4,9-10H2,1H3,(H,21,23). The second-order valence-electron chi connectivity index (χ2n) is 5.75. The van der Waals surface area contributed by atoms with Gasteiger partial charge in [-0.1, -0.05) is 29.8 Å². The molecule has 1 aliphatic heterocycles. The molecular formula is C18H18ClFN2O. The molecule has 1 N–H and O–H groups in total. The zero-order chi connectivity index (χ0) is 16.4. The van der Waals surface area contributed by atoms with Crippen LogP contribution in [-0.2, 0) is 0 Å². The van der Waals surface area contributed by atoms with Crippen LogP contribution in [0.4, 0.5) is 14.9 Å². The lowest BCUT2D eigenvalue weighted by molar-refractivity contribution is 0.207.